The maximum absolute atomic E-state index is 11.5. The SMILES string of the molecule is COC(=O)c1sc(NCC2CCN(C)CC2)nc1C. The summed E-state index contributed by atoms with van der Waals surface area (Å²) in [4.78, 5) is 18.8. The van der Waals surface area contributed by atoms with Gasteiger partial charge in [0.15, 0.2) is 5.13 Å². The van der Waals surface area contributed by atoms with E-state index in [2.05, 4.69) is 22.2 Å². The summed E-state index contributed by atoms with van der Waals surface area (Å²) in [7, 11) is 3.56. The maximum atomic E-state index is 11.5. The van der Waals surface area contributed by atoms with Gasteiger partial charge >= 0.3 is 5.97 Å². The Kier molecular flexibility index (Phi) is 4.76. The van der Waals surface area contributed by atoms with E-state index in [0.717, 1.165) is 30.5 Å². The lowest BCUT2D eigenvalue weighted by atomic mass is 9.97. The van der Waals surface area contributed by atoms with Gasteiger partial charge in [-0.05, 0) is 45.8 Å². The van der Waals surface area contributed by atoms with Gasteiger partial charge in [-0.3, -0.25) is 0 Å². The highest BCUT2D eigenvalue weighted by atomic mass is 32.1. The first-order valence-electron chi connectivity index (χ1n) is 6.58. The third kappa shape index (κ3) is 3.67. The first-order chi connectivity index (χ1) is 9.10. The standard InChI is InChI=1S/C13H21N3O2S/c1-9-11(12(17)18-3)19-13(15-9)14-8-10-4-6-16(2)7-5-10/h10H,4-8H2,1-3H3,(H,14,15). The maximum Gasteiger partial charge on any atom is 0.350 e. The van der Waals surface area contributed by atoms with E-state index in [1.165, 1.54) is 31.3 Å². The summed E-state index contributed by atoms with van der Waals surface area (Å²) in [5.41, 5.74) is 0.739. The molecule has 1 saturated heterocycles. The molecule has 0 atom stereocenters. The van der Waals surface area contributed by atoms with E-state index in [1.807, 2.05) is 6.92 Å². The molecule has 19 heavy (non-hydrogen) atoms. The van der Waals surface area contributed by atoms with Gasteiger partial charge in [-0.25, -0.2) is 9.78 Å². The molecule has 1 aromatic heterocycles. The minimum atomic E-state index is -0.303. The third-order valence-corrected chi connectivity index (χ3v) is 4.64. The van der Waals surface area contributed by atoms with E-state index in [1.54, 1.807) is 0 Å². The zero-order chi connectivity index (χ0) is 13.8. The molecule has 0 unspecified atom stereocenters. The van der Waals surface area contributed by atoms with Crippen LogP contribution in [0.2, 0.25) is 0 Å². The Bertz CT molecular complexity index is 439. The molecule has 0 aromatic carbocycles. The summed E-state index contributed by atoms with van der Waals surface area (Å²) in [6, 6.07) is 0. The fourth-order valence-electron chi connectivity index (χ4n) is 2.25. The van der Waals surface area contributed by atoms with Gasteiger partial charge in [0.25, 0.3) is 0 Å². The van der Waals surface area contributed by atoms with E-state index in [-0.39, 0.29) is 5.97 Å². The Labute approximate surface area is 118 Å². The van der Waals surface area contributed by atoms with Crippen LogP contribution in [0.5, 0.6) is 0 Å². The van der Waals surface area contributed by atoms with Crippen LogP contribution < -0.4 is 5.32 Å². The molecule has 0 saturated carbocycles. The van der Waals surface area contributed by atoms with Crippen molar-refractivity contribution in [2.75, 3.05) is 39.1 Å². The second-order valence-electron chi connectivity index (χ2n) is 5.05. The Hall–Kier alpha value is -1.14. The van der Waals surface area contributed by atoms with Crippen LogP contribution in [0.4, 0.5) is 5.13 Å². The number of methoxy groups -OCH3 is 1. The lowest BCUT2D eigenvalue weighted by molar-refractivity contribution is 0.0605. The zero-order valence-corrected chi connectivity index (χ0v) is 12.5. The number of hydrogen-bond donors (Lipinski definition) is 1. The van der Waals surface area contributed by atoms with Crippen molar-refractivity contribution in [1.29, 1.82) is 0 Å². The molecule has 1 aliphatic heterocycles. The van der Waals surface area contributed by atoms with Crippen molar-refractivity contribution in [3.63, 3.8) is 0 Å². The predicted molar refractivity (Wildman–Crippen MR) is 76.9 cm³/mol. The van der Waals surface area contributed by atoms with Crippen LogP contribution in [0, 0.1) is 12.8 Å². The van der Waals surface area contributed by atoms with E-state index in [4.69, 9.17) is 4.74 Å². The molecule has 0 radical (unpaired) electrons. The van der Waals surface area contributed by atoms with Crippen molar-refractivity contribution >= 4 is 22.4 Å². The fraction of sp³-hybridized carbons (Fsp3) is 0.692. The van der Waals surface area contributed by atoms with Gasteiger partial charge in [-0.15, -0.1) is 0 Å². The van der Waals surface area contributed by atoms with Crippen molar-refractivity contribution in [2.45, 2.75) is 19.8 Å². The average Bonchev–Trinajstić information content (AvgIpc) is 2.78. The first kappa shape index (κ1) is 14.3. The van der Waals surface area contributed by atoms with Crippen LogP contribution in [0.15, 0.2) is 0 Å². The molecular formula is C13H21N3O2S. The van der Waals surface area contributed by atoms with E-state index < -0.39 is 0 Å². The molecule has 1 aromatic rings. The summed E-state index contributed by atoms with van der Waals surface area (Å²) in [6.45, 7) is 5.10. The molecule has 2 heterocycles. The summed E-state index contributed by atoms with van der Waals surface area (Å²) < 4.78 is 4.73. The highest BCUT2D eigenvalue weighted by molar-refractivity contribution is 7.17. The van der Waals surface area contributed by atoms with Crippen molar-refractivity contribution < 1.29 is 9.53 Å². The van der Waals surface area contributed by atoms with Gasteiger partial charge in [-0.2, -0.15) is 0 Å². The van der Waals surface area contributed by atoms with Crippen LogP contribution >= 0.6 is 11.3 Å². The highest BCUT2D eigenvalue weighted by Gasteiger charge is 2.18. The molecule has 6 heteroatoms. The molecule has 106 valence electrons. The quantitative estimate of drug-likeness (QED) is 0.857. The molecule has 1 N–H and O–H groups in total. The van der Waals surface area contributed by atoms with E-state index >= 15 is 0 Å². The summed E-state index contributed by atoms with van der Waals surface area (Å²) in [6.07, 6.45) is 2.44. The van der Waals surface area contributed by atoms with Gasteiger partial charge in [0.05, 0.1) is 12.8 Å². The van der Waals surface area contributed by atoms with Gasteiger partial charge in [-0.1, -0.05) is 11.3 Å². The van der Waals surface area contributed by atoms with Gasteiger partial charge in [0, 0.05) is 6.54 Å². The van der Waals surface area contributed by atoms with E-state index in [9.17, 15) is 4.79 Å². The van der Waals surface area contributed by atoms with Gasteiger partial charge in [0.1, 0.15) is 4.88 Å². The smallest absolute Gasteiger partial charge is 0.350 e. The number of nitrogens with zero attached hydrogens (tertiary/aromatic N) is 2. The number of ether oxygens (including phenoxy) is 1. The minimum absolute atomic E-state index is 0.303. The number of likely N-dealkylation sites (tertiary alicyclic amines) is 1. The molecule has 0 spiro atoms. The van der Waals surface area contributed by atoms with Crippen LogP contribution in [-0.4, -0.2) is 49.6 Å². The first-order valence-corrected chi connectivity index (χ1v) is 7.40. The molecule has 0 bridgehead atoms. The Morgan fingerprint density at radius 1 is 1.53 bits per heavy atom. The van der Waals surface area contributed by atoms with Crippen LogP contribution in [-0.2, 0) is 4.74 Å². The van der Waals surface area contributed by atoms with Crippen LogP contribution in [0.1, 0.15) is 28.2 Å². The van der Waals surface area contributed by atoms with Crippen molar-refractivity contribution in [3.8, 4) is 0 Å². The number of hydrogen-bond acceptors (Lipinski definition) is 6. The number of piperidine rings is 1. The molecule has 0 aliphatic carbocycles. The Morgan fingerprint density at radius 3 is 2.84 bits per heavy atom. The Morgan fingerprint density at radius 2 is 2.21 bits per heavy atom. The average molecular weight is 283 g/mol. The number of anilines is 1. The van der Waals surface area contributed by atoms with Crippen LogP contribution in [0.3, 0.4) is 0 Å². The third-order valence-electron chi connectivity index (χ3n) is 3.55. The van der Waals surface area contributed by atoms with E-state index in [0.29, 0.717) is 10.8 Å². The minimum Gasteiger partial charge on any atom is -0.465 e. The molecule has 1 fully saturated rings. The monoisotopic (exact) mass is 283 g/mol. The molecule has 5 nitrogen and oxygen atoms in total. The number of carbonyl (C=O) groups is 1. The van der Waals surface area contributed by atoms with Crippen LogP contribution in [0.25, 0.3) is 0 Å². The number of aromatic nitrogens is 1. The van der Waals surface area contributed by atoms with Crippen molar-refractivity contribution in [3.05, 3.63) is 10.6 Å². The molecule has 2 rings (SSSR count). The number of carbonyl (C=O) groups excluding carboxylic acids is 1. The molecule has 1 aliphatic rings. The summed E-state index contributed by atoms with van der Waals surface area (Å²) in [5, 5.41) is 4.17. The topological polar surface area (TPSA) is 54.5 Å². The lowest BCUT2D eigenvalue weighted by Crippen LogP contribution is -2.32. The second kappa shape index (κ2) is 6.34. The second-order valence-corrected chi connectivity index (χ2v) is 6.05. The number of nitrogens with one attached hydrogen (secondary N) is 1. The summed E-state index contributed by atoms with van der Waals surface area (Å²) >= 11 is 1.37. The van der Waals surface area contributed by atoms with Gasteiger partial charge < -0.3 is 15.0 Å². The van der Waals surface area contributed by atoms with Crippen molar-refractivity contribution in [2.24, 2.45) is 5.92 Å². The normalized spacial score (nSPS) is 17.4. The molecular weight excluding hydrogens is 262 g/mol. The molecule has 0 amide bonds. The Balaban J connectivity index is 1.88. The fourth-order valence-corrected chi connectivity index (χ4v) is 3.14. The number of rotatable bonds is 4. The highest BCUT2D eigenvalue weighted by Crippen LogP contribution is 2.24. The predicted octanol–water partition coefficient (Wildman–Crippen LogP) is 1.99. The number of thiazole rings is 1. The van der Waals surface area contributed by atoms with Gasteiger partial charge in [0.2, 0.25) is 0 Å². The number of esters is 1. The lowest BCUT2D eigenvalue weighted by Gasteiger charge is -2.28. The zero-order valence-electron chi connectivity index (χ0n) is 11.7. The van der Waals surface area contributed by atoms with Crippen molar-refractivity contribution in [1.82, 2.24) is 9.88 Å². The largest absolute Gasteiger partial charge is 0.465 e. The summed E-state index contributed by atoms with van der Waals surface area (Å²) in [5.74, 6) is 0.393. The number of aryl methyl sites for hydroxylation is 1.